The first-order valence-corrected chi connectivity index (χ1v) is 6.99. The molecular weight excluding hydrogens is 363 g/mol. The standard InChI is InChI=1S/C15H11BrF3NO2/c16-11-4-2-5-12(8-11)20-14(21)9-22-13-6-1-3-10(7-13)15(17,18)19/h1-8H,9H2,(H,20,21). The van der Waals surface area contributed by atoms with E-state index in [9.17, 15) is 18.0 Å². The fraction of sp³-hybridized carbons (Fsp3) is 0.133. The largest absolute Gasteiger partial charge is 0.484 e. The van der Waals surface area contributed by atoms with Crippen molar-refractivity contribution in [1.82, 2.24) is 0 Å². The minimum absolute atomic E-state index is 0.0146. The number of carbonyl (C=O) groups excluding carboxylic acids is 1. The number of halogens is 4. The molecule has 0 saturated carbocycles. The molecule has 0 bridgehead atoms. The van der Waals surface area contributed by atoms with Gasteiger partial charge < -0.3 is 10.1 Å². The first-order valence-electron chi connectivity index (χ1n) is 6.20. The van der Waals surface area contributed by atoms with Crippen LogP contribution >= 0.6 is 15.9 Å². The molecule has 0 aliphatic carbocycles. The first kappa shape index (κ1) is 16.4. The van der Waals surface area contributed by atoms with Crippen molar-refractivity contribution < 1.29 is 22.7 Å². The van der Waals surface area contributed by atoms with Gasteiger partial charge in [0.1, 0.15) is 5.75 Å². The van der Waals surface area contributed by atoms with Crippen LogP contribution in [0, 0.1) is 0 Å². The summed E-state index contributed by atoms with van der Waals surface area (Å²) in [5, 5.41) is 2.58. The van der Waals surface area contributed by atoms with Gasteiger partial charge in [0, 0.05) is 10.2 Å². The molecule has 22 heavy (non-hydrogen) atoms. The molecule has 0 radical (unpaired) electrons. The maximum Gasteiger partial charge on any atom is 0.416 e. The molecule has 0 spiro atoms. The van der Waals surface area contributed by atoms with Crippen molar-refractivity contribution in [2.45, 2.75) is 6.18 Å². The van der Waals surface area contributed by atoms with E-state index in [1.165, 1.54) is 12.1 Å². The minimum Gasteiger partial charge on any atom is -0.484 e. The van der Waals surface area contributed by atoms with Crippen molar-refractivity contribution in [2.24, 2.45) is 0 Å². The number of hydrogen-bond donors (Lipinski definition) is 1. The van der Waals surface area contributed by atoms with Crippen molar-refractivity contribution in [2.75, 3.05) is 11.9 Å². The number of amides is 1. The van der Waals surface area contributed by atoms with Crippen molar-refractivity contribution >= 4 is 27.5 Å². The number of carbonyl (C=O) groups is 1. The highest BCUT2D eigenvalue weighted by Crippen LogP contribution is 2.31. The van der Waals surface area contributed by atoms with E-state index in [4.69, 9.17) is 4.74 Å². The van der Waals surface area contributed by atoms with Crippen molar-refractivity contribution in [1.29, 1.82) is 0 Å². The Balaban J connectivity index is 1.94. The maximum atomic E-state index is 12.6. The lowest BCUT2D eigenvalue weighted by atomic mass is 10.2. The molecule has 0 atom stereocenters. The molecule has 1 N–H and O–H groups in total. The van der Waals surface area contributed by atoms with E-state index in [1.807, 2.05) is 0 Å². The zero-order valence-corrected chi connectivity index (χ0v) is 12.7. The minimum atomic E-state index is -4.45. The molecule has 2 aromatic carbocycles. The van der Waals surface area contributed by atoms with Crippen LogP contribution in [0.25, 0.3) is 0 Å². The van der Waals surface area contributed by atoms with E-state index >= 15 is 0 Å². The van der Waals surface area contributed by atoms with E-state index < -0.39 is 17.6 Å². The molecule has 0 aromatic heterocycles. The van der Waals surface area contributed by atoms with Gasteiger partial charge in [-0.25, -0.2) is 0 Å². The predicted molar refractivity (Wildman–Crippen MR) is 79.7 cm³/mol. The predicted octanol–water partition coefficient (Wildman–Crippen LogP) is 4.49. The number of anilines is 1. The Labute approximate surface area is 133 Å². The van der Waals surface area contributed by atoms with Crippen LogP contribution in [0.1, 0.15) is 5.56 Å². The Morgan fingerprint density at radius 2 is 1.86 bits per heavy atom. The van der Waals surface area contributed by atoms with Gasteiger partial charge in [0.05, 0.1) is 5.56 Å². The third-order valence-electron chi connectivity index (χ3n) is 2.64. The average molecular weight is 374 g/mol. The van der Waals surface area contributed by atoms with E-state index in [0.29, 0.717) is 5.69 Å². The number of ether oxygens (including phenoxy) is 1. The summed E-state index contributed by atoms with van der Waals surface area (Å²) in [7, 11) is 0. The Hall–Kier alpha value is -2.02. The lowest BCUT2D eigenvalue weighted by Gasteiger charge is -2.10. The number of benzene rings is 2. The molecule has 0 saturated heterocycles. The number of nitrogens with one attached hydrogen (secondary N) is 1. The highest BCUT2D eigenvalue weighted by atomic mass is 79.9. The van der Waals surface area contributed by atoms with Crippen molar-refractivity contribution in [3.05, 3.63) is 58.6 Å². The van der Waals surface area contributed by atoms with Crippen LogP contribution in [0.5, 0.6) is 5.75 Å². The van der Waals surface area contributed by atoms with Crippen LogP contribution in [-0.2, 0) is 11.0 Å². The summed E-state index contributed by atoms with van der Waals surface area (Å²) in [6.45, 7) is -0.381. The van der Waals surface area contributed by atoms with Crippen LogP contribution in [-0.4, -0.2) is 12.5 Å². The molecular formula is C15H11BrF3NO2. The second kappa shape index (κ2) is 6.83. The number of alkyl halides is 3. The lowest BCUT2D eigenvalue weighted by molar-refractivity contribution is -0.137. The second-order valence-corrected chi connectivity index (χ2v) is 5.29. The summed E-state index contributed by atoms with van der Waals surface area (Å²) in [4.78, 5) is 11.7. The highest BCUT2D eigenvalue weighted by molar-refractivity contribution is 9.10. The fourth-order valence-corrected chi connectivity index (χ4v) is 2.07. The molecule has 0 unspecified atom stereocenters. The Morgan fingerprint density at radius 3 is 2.55 bits per heavy atom. The van der Waals surface area contributed by atoms with Gasteiger partial charge in [0.25, 0.3) is 5.91 Å². The molecule has 0 heterocycles. The summed E-state index contributed by atoms with van der Waals surface area (Å²) in [6, 6.07) is 11.3. The van der Waals surface area contributed by atoms with E-state index in [0.717, 1.165) is 16.6 Å². The Morgan fingerprint density at radius 1 is 1.14 bits per heavy atom. The summed E-state index contributed by atoms with van der Waals surface area (Å²) in [5.41, 5.74) is -0.260. The van der Waals surface area contributed by atoms with Gasteiger partial charge in [-0.2, -0.15) is 13.2 Å². The van der Waals surface area contributed by atoms with Crippen molar-refractivity contribution in [3.63, 3.8) is 0 Å². The monoisotopic (exact) mass is 373 g/mol. The molecule has 3 nitrogen and oxygen atoms in total. The fourth-order valence-electron chi connectivity index (χ4n) is 1.67. The zero-order valence-electron chi connectivity index (χ0n) is 11.2. The molecule has 2 rings (SSSR count). The van der Waals surface area contributed by atoms with Crippen LogP contribution in [0.2, 0.25) is 0 Å². The molecule has 7 heteroatoms. The quantitative estimate of drug-likeness (QED) is 0.857. The summed E-state index contributed by atoms with van der Waals surface area (Å²) in [5.74, 6) is -0.477. The van der Waals surface area contributed by atoms with Gasteiger partial charge in [-0.15, -0.1) is 0 Å². The topological polar surface area (TPSA) is 38.3 Å². The molecule has 0 fully saturated rings. The summed E-state index contributed by atoms with van der Waals surface area (Å²) < 4.78 is 43.5. The summed E-state index contributed by atoms with van der Waals surface area (Å²) in [6.07, 6.45) is -4.45. The lowest BCUT2D eigenvalue weighted by Crippen LogP contribution is -2.20. The van der Waals surface area contributed by atoms with E-state index in [-0.39, 0.29) is 12.4 Å². The van der Waals surface area contributed by atoms with Crippen LogP contribution in [0.4, 0.5) is 18.9 Å². The normalized spacial score (nSPS) is 11.1. The Kier molecular flexibility index (Phi) is 5.07. The SMILES string of the molecule is O=C(COc1cccc(C(F)(F)F)c1)Nc1cccc(Br)c1. The van der Waals surface area contributed by atoms with Gasteiger partial charge in [-0.3, -0.25) is 4.79 Å². The molecule has 2 aromatic rings. The maximum absolute atomic E-state index is 12.6. The van der Waals surface area contributed by atoms with Crippen LogP contribution < -0.4 is 10.1 Å². The molecule has 1 amide bonds. The van der Waals surface area contributed by atoms with Gasteiger partial charge in [0.2, 0.25) is 0 Å². The molecule has 0 aliphatic rings. The molecule has 116 valence electrons. The Bertz CT molecular complexity index is 674. The summed E-state index contributed by atoms with van der Waals surface area (Å²) >= 11 is 3.27. The zero-order chi connectivity index (χ0) is 16.2. The number of hydrogen-bond acceptors (Lipinski definition) is 2. The second-order valence-electron chi connectivity index (χ2n) is 4.37. The third-order valence-corrected chi connectivity index (χ3v) is 3.13. The van der Waals surface area contributed by atoms with Gasteiger partial charge in [0.15, 0.2) is 6.61 Å². The van der Waals surface area contributed by atoms with E-state index in [1.54, 1.807) is 24.3 Å². The third kappa shape index (κ3) is 4.77. The van der Waals surface area contributed by atoms with Gasteiger partial charge in [-0.1, -0.05) is 28.1 Å². The number of rotatable bonds is 4. The van der Waals surface area contributed by atoms with Crippen molar-refractivity contribution in [3.8, 4) is 5.75 Å². The van der Waals surface area contributed by atoms with Crippen LogP contribution in [0.15, 0.2) is 53.0 Å². The van der Waals surface area contributed by atoms with Gasteiger partial charge >= 0.3 is 6.18 Å². The highest BCUT2D eigenvalue weighted by Gasteiger charge is 2.30. The van der Waals surface area contributed by atoms with E-state index in [2.05, 4.69) is 21.2 Å². The van der Waals surface area contributed by atoms with Crippen LogP contribution in [0.3, 0.4) is 0 Å². The van der Waals surface area contributed by atoms with Gasteiger partial charge in [-0.05, 0) is 36.4 Å². The first-order chi connectivity index (χ1) is 10.3. The smallest absolute Gasteiger partial charge is 0.416 e. The molecule has 0 aliphatic heterocycles. The average Bonchev–Trinajstić information content (AvgIpc) is 2.45.